The van der Waals surface area contributed by atoms with Crippen LogP contribution in [0.3, 0.4) is 0 Å². The van der Waals surface area contributed by atoms with E-state index in [0.717, 1.165) is 33.0 Å². The second-order valence-electron chi connectivity index (χ2n) is 11.7. The number of amides is 2. The number of thiazole rings is 1. The number of β-amino-alcohol motifs (C(OH)–C–C–N with tert-alkyl or cyclic N) is 1. The number of aliphatic hydroxyl groups excluding tert-OH is 1. The first-order valence-corrected chi connectivity index (χ1v) is 14.7. The fourth-order valence-corrected chi connectivity index (χ4v) is 6.14. The molecule has 0 spiro atoms. The summed E-state index contributed by atoms with van der Waals surface area (Å²) in [5.41, 5.74) is 6.20. The Morgan fingerprint density at radius 1 is 1.10 bits per heavy atom. The van der Waals surface area contributed by atoms with Crippen LogP contribution in [0.15, 0.2) is 66.3 Å². The third-order valence-electron chi connectivity index (χ3n) is 7.40. The first kappa shape index (κ1) is 28.6. The molecule has 4 aromatic rings. The number of aryl methyl sites for hydroxylation is 1. The van der Waals surface area contributed by atoms with Gasteiger partial charge in [0.15, 0.2) is 0 Å². The Labute approximate surface area is 244 Å². The topological polar surface area (TPSA) is 113 Å². The molecule has 2 aromatic carbocycles. The molecule has 0 radical (unpaired) electrons. The van der Waals surface area contributed by atoms with Crippen LogP contribution in [0.25, 0.3) is 10.4 Å². The summed E-state index contributed by atoms with van der Waals surface area (Å²) in [5.74, 6) is -0.539. The maximum Gasteiger partial charge on any atom is 0.248 e. The van der Waals surface area contributed by atoms with E-state index in [0.29, 0.717) is 13.0 Å². The molecular weight excluding hydrogens is 536 g/mol. The summed E-state index contributed by atoms with van der Waals surface area (Å²) < 4.78 is 1.60. The number of benzene rings is 2. The van der Waals surface area contributed by atoms with Crippen molar-refractivity contribution in [3.8, 4) is 10.4 Å². The van der Waals surface area contributed by atoms with Crippen molar-refractivity contribution in [2.75, 3.05) is 6.54 Å². The Kier molecular flexibility index (Phi) is 8.32. The van der Waals surface area contributed by atoms with Gasteiger partial charge in [-0.2, -0.15) is 0 Å². The molecule has 1 fully saturated rings. The molecule has 2 N–H and O–H groups in total. The Morgan fingerprint density at radius 2 is 1.83 bits per heavy atom. The van der Waals surface area contributed by atoms with Gasteiger partial charge in [0.25, 0.3) is 0 Å². The Hall–Kier alpha value is -3.89. The highest BCUT2D eigenvalue weighted by Gasteiger charge is 2.45. The lowest BCUT2D eigenvalue weighted by Gasteiger charge is -2.34. The zero-order chi connectivity index (χ0) is 29.1. The highest BCUT2D eigenvalue weighted by atomic mass is 32.1. The normalized spacial score (nSPS) is 17.9. The van der Waals surface area contributed by atoms with Crippen molar-refractivity contribution < 1.29 is 14.7 Å². The molecule has 0 bridgehead atoms. The van der Waals surface area contributed by atoms with Gasteiger partial charge in [-0.25, -0.2) is 9.67 Å². The Bertz CT molecular complexity index is 1490. The van der Waals surface area contributed by atoms with Gasteiger partial charge in [-0.1, -0.05) is 80.6 Å². The molecule has 3 atom stereocenters. The van der Waals surface area contributed by atoms with Crippen molar-refractivity contribution >= 4 is 23.2 Å². The van der Waals surface area contributed by atoms with Crippen LogP contribution < -0.4 is 5.32 Å². The van der Waals surface area contributed by atoms with Crippen LogP contribution in [0.2, 0.25) is 0 Å². The molecule has 0 saturated carbocycles. The smallest absolute Gasteiger partial charge is 0.248 e. The van der Waals surface area contributed by atoms with Crippen molar-refractivity contribution in [3.05, 3.63) is 88.8 Å². The predicted octanol–water partition coefficient (Wildman–Crippen LogP) is 4.17. The number of hydrogen-bond donors (Lipinski definition) is 2. The van der Waals surface area contributed by atoms with E-state index in [2.05, 4.69) is 20.6 Å². The quantitative estimate of drug-likeness (QED) is 0.328. The average molecular weight is 573 g/mol. The molecule has 0 aliphatic carbocycles. The van der Waals surface area contributed by atoms with E-state index in [1.807, 2.05) is 87.8 Å². The lowest BCUT2D eigenvalue weighted by molar-refractivity contribution is -0.144. The zero-order valence-electron chi connectivity index (χ0n) is 23.8. The molecule has 2 amide bonds. The molecule has 9 nitrogen and oxygen atoms in total. The summed E-state index contributed by atoms with van der Waals surface area (Å²) in [7, 11) is 0. The molecule has 41 heavy (non-hydrogen) atoms. The molecule has 214 valence electrons. The van der Waals surface area contributed by atoms with Crippen molar-refractivity contribution in [3.63, 3.8) is 0 Å². The van der Waals surface area contributed by atoms with Crippen molar-refractivity contribution in [2.45, 2.75) is 65.3 Å². The minimum atomic E-state index is -0.776. The first-order chi connectivity index (χ1) is 19.6. The minimum absolute atomic E-state index is 0.0952. The van der Waals surface area contributed by atoms with Gasteiger partial charge in [0.05, 0.1) is 27.9 Å². The van der Waals surface area contributed by atoms with E-state index < -0.39 is 23.6 Å². The molecule has 3 heterocycles. The highest BCUT2D eigenvalue weighted by Crippen LogP contribution is 2.34. The summed E-state index contributed by atoms with van der Waals surface area (Å²) in [4.78, 5) is 34.3. The number of likely N-dealkylation sites (tertiary alicyclic amines) is 1. The predicted molar refractivity (Wildman–Crippen MR) is 158 cm³/mol. The second kappa shape index (κ2) is 11.9. The van der Waals surface area contributed by atoms with Crippen LogP contribution in [0.1, 0.15) is 55.7 Å². The van der Waals surface area contributed by atoms with Gasteiger partial charge in [-0.3, -0.25) is 9.59 Å². The van der Waals surface area contributed by atoms with Gasteiger partial charge in [-0.15, -0.1) is 16.4 Å². The van der Waals surface area contributed by atoms with Crippen LogP contribution in [-0.4, -0.2) is 60.5 Å². The van der Waals surface area contributed by atoms with E-state index in [1.54, 1.807) is 22.2 Å². The van der Waals surface area contributed by atoms with Crippen molar-refractivity contribution in [1.82, 2.24) is 30.2 Å². The second-order valence-corrected chi connectivity index (χ2v) is 12.6. The zero-order valence-corrected chi connectivity index (χ0v) is 24.6. The number of nitrogens with one attached hydrogen (secondary N) is 1. The van der Waals surface area contributed by atoms with Gasteiger partial charge >= 0.3 is 0 Å². The van der Waals surface area contributed by atoms with E-state index >= 15 is 0 Å². The Balaban J connectivity index is 1.28. The number of aromatic nitrogens is 4. The molecule has 1 saturated heterocycles. The molecule has 1 aliphatic rings. The lowest BCUT2D eigenvalue weighted by atomic mass is 9.85. The number of nitrogens with zero attached hydrogens (tertiary/aromatic N) is 5. The number of aliphatic hydroxyl groups is 1. The van der Waals surface area contributed by atoms with Crippen LogP contribution in [0.5, 0.6) is 0 Å². The maximum atomic E-state index is 14.0. The van der Waals surface area contributed by atoms with Gasteiger partial charge < -0.3 is 15.3 Å². The number of carbonyl (C=O) groups is 2. The maximum absolute atomic E-state index is 14.0. The van der Waals surface area contributed by atoms with E-state index in [1.165, 1.54) is 4.90 Å². The highest BCUT2D eigenvalue weighted by molar-refractivity contribution is 7.13. The number of carbonyl (C=O) groups excluding carboxylic acids is 2. The monoisotopic (exact) mass is 572 g/mol. The fourth-order valence-electron chi connectivity index (χ4n) is 5.33. The van der Waals surface area contributed by atoms with Crippen molar-refractivity contribution in [2.24, 2.45) is 5.41 Å². The third-order valence-corrected chi connectivity index (χ3v) is 8.38. The summed E-state index contributed by atoms with van der Waals surface area (Å²) >= 11 is 1.60. The average Bonchev–Trinajstić information content (AvgIpc) is 3.67. The summed E-state index contributed by atoms with van der Waals surface area (Å²) in [5, 5.41) is 22.1. The van der Waals surface area contributed by atoms with Gasteiger partial charge in [0, 0.05) is 32.1 Å². The van der Waals surface area contributed by atoms with E-state index in [9.17, 15) is 14.7 Å². The van der Waals surface area contributed by atoms with Gasteiger partial charge in [-0.05, 0) is 29.0 Å². The van der Waals surface area contributed by atoms with E-state index in [-0.39, 0.29) is 24.8 Å². The number of rotatable bonds is 8. The summed E-state index contributed by atoms with van der Waals surface area (Å²) in [6.07, 6.45) is 1.82. The largest absolute Gasteiger partial charge is 0.391 e. The SMILES string of the molecule is Cc1ncsc1-c1ccc(CNC(=O)[C@@H]2C[C@@H](O)CN2C(=O)C(n2cc(Cc3ccccc3)nn2)C(C)(C)C)cc1. The number of hydrogen-bond acceptors (Lipinski definition) is 7. The van der Waals surface area contributed by atoms with E-state index in [4.69, 9.17) is 0 Å². The van der Waals surface area contributed by atoms with Crippen molar-refractivity contribution in [1.29, 1.82) is 0 Å². The standard InChI is InChI=1S/C31H36N6O3S/c1-20-27(41-19-33-20)23-12-10-22(11-13-23)16-32-29(39)26-15-25(38)18-36(26)30(40)28(31(2,3)4)37-17-24(34-35-37)14-21-8-6-5-7-9-21/h5-13,17,19,25-26,28,38H,14-16,18H2,1-4H3,(H,32,39)/t25-,26+,28?/m1/s1. The summed E-state index contributed by atoms with van der Waals surface area (Å²) in [6, 6.07) is 16.5. The molecule has 1 unspecified atom stereocenters. The molecule has 2 aromatic heterocycles. The molecule has 1 aliphatic heterocycles. The molecule has 5 rings (SSSR count). The van der Waals surface area contributed by atoms with Crippen LogP contribution >= 0.6 is 11.3 Å². The van der Waals surface area contributed by atoms with Crippen LogP contribution in [-0.2, 0) is 22.6 Å². The Morgan fingerprint density at radius 3 is 2.49 bits per heavy atom. The fraction of sp³-hybridized carbons (Fsp3) is 0.387. The lowest BCUT2D eigenvalue weighted by Crippen LogP contribution is -2.50. The van der Waals surface area contributed by atoms with Gasteiger partial charge in [0.2, 0.25) is 11.8 Å². The van der Waals surface area contributed by atoms with Crippen LogP contribution in [0.4, 0.5) is 0 Å². The minimum Gasteiger partial charge on any atom is -0.391 e. The van der Waals surface area contributed by atoms with Gasteiger partial charge in [0.1, 0.15) is 12.1 Å². The third kappa shape index (κ3) is 6.55. The first-order valence-electron chi connectivity index (χ1n) is 13.8. The van der Waals surface area contributed by atoms with Crippen LogP contribution in [0, 0.1) is 12.3 Å². The molecule has 10 heteroatoms. The summed E-state index contributed by atoms with van der Waals surface area (Å²) in [6.45, 7) is 8.30. The molecular formula is C31H36N6O3S.